The highest BCUT2D eigenvalue weighted by Crippen LogP contribution is 2.24. The summed E-state index contributed by atoms with van der Waals surface area (Å²) in [4.78, 5) is 0. The van der Waals surface area contributed by atoms with Gasteiger partial charge in [0, 0.05) is 12.3 Å². The summed E-state index contributed by atoms with van der Waals surface area (Å²) in [6, 6.07) is 0. The van der Waals surface area contributed by atoms with E-state index in [1.165, 1.54) is 0 Å². The Hall–Kier alpha value is -0.380. The van der Waals surface area contributed by atoms with Crippen LogP contribution in [0.15, 0.2) is 12.2 Å². The van der Waals surface area contributed by atoms with E-state index < -0.39 is 12.4 Å². The van der Waals surface area contributed by atoms with Crippen LogP contribution >= 0.6 is 0 Å². The van der Waals surface area contributed by atoms with Gasteiger partial charge in [0.2, 0.25) is 0 Å². The average Bonchev–Trinajstić information content (AvgIpc) is 2.00. The summed E-state index contributed by atoms with van der Waals surface area (Å²) in [7, 11) is 0. The predicted octanol–water partition coefficient (Wildman–Crippen LogP) is 0.667. The molecule has 1 heterocycles. The van der Waals surface area contributed by atoms with Gasteiger partial charge in [-0.05, 0) is 6.92 Å². The summed E-state index contributed by atoms with van der Waals surface area (Å²) in [5.41, 5.74) is 0. The minimum absolute atomic E-state index is 0.0598. The zero-order chi connectivity index (χ0) is 9.14. The smallest absolute Gasteiger partial charge is 0.157 e. The fourth-order valence-corrected chi connectivity index (χ4v) is 1.41. The van der Waals surface area contributed by atoms with Crippen molar-refractivity contribution < 1.29 is 14.9 Å². The first-order valence-electron chi connectivity index (χ1n) is 4.29. The van der Waals surface area contributed by atoms with Crippen molar-refractivity contribution in [1.82, 2.24) is 0 Å². The van der Waals surface area contributed by atoms with Gasteiger partial charge in [-0.15, -0.1) is 0 Å². The maximum atomic E-state index is 9.47. The van der Waals surface area contributed by atoms with Gasteiger partial charge in [0.25, 0.3) is 0 Å². The van der Waals surface area contributed by atoms with E-state index in [0.717, 1.165) is 0 Å². The molecule has 0 aromatic rings. The number of aliphatic hydroxyl groups is 2. The molecule has 1 rings (SSSR count). The van der Waals surface area contributed by atoms with Crippen molar-refractivity contribution in [3.05, 3.63) is 12.2 Å². The second-order valence-electron chi connectivity index (χ2n) is 3.24. The van der Waals surface area contributed by atoms with Gasteiger partial charge in [0.15, 0.2) is 6.29 Å². The summed E-state index contributed by atoms with van der Waals surface area (Å²) < 4.78 is 5.22. The molecule has 0 aromatic carbocycles. The molecule has 1 fully saturated rings. The summed E-state index contributed by atoms with van der Waals surface area (Å²) in [6.45, 7) is 3.81. The molecule has 0 radical (unpaired) electrons. The van der Waals surface area contributed by atoms with Gasteiger partial charge in [-0.1, -0.05) is 19.1 Å². The quantitative estimate of drug-likeness (QED) is 0.571. The largest absolute Gasteiger partial charge is 0.393 e. The molecule has 1 unspecified atom stereocenters. The molecule has 3 nitrogen and oxygen atoms in total. The molecular formula is C9H16O3. The van der Waals surface area contributed by atoms with Gasteiger partial charge in [-0.3, -0.25) is 0 Å². The maximum Gasteiger partial charge on any atom is 0.157 e. The molecule has 4 atom stereocenters. The third kappa shape index (κ3) is 2.06. The van der Waals surface area contributed by atoms with Crippen LogP contribution in [-0.2, 0) is 4.74 Å². The van der Waals surface area contributed by atoms with E-state index in [2.05, 4.69) is 0 Å². The summed E-state index contributed by atoms with van der Waals surface area (Å²) >= 11 is 0. The third-order valence-corrected chi connectivity index (χ3v) is 2.26. The summed E-state index contributed by atoms with van der Waals surface area (Å²) in [6.07, 6.45) is 2.60. The predicted molar refractivity (Wildman–Crippen MR) is 45.5 cm³/mol. The molecule has 1 aliphatic heterocycles. The molecule has 1 aliphatic rings. The van der Waals surface area contributed by atoms with Gasteiger partial charge < -0.3 is 14.9 Å². The molecule has 12 heavy (non-hydrogen) atoms. The highest BCUT2D eigenvalue weighted by molar-refractivity contribution is 4.94. The van der Waals surface area contributed by atoms with E-state index in [9.17, 15) is 10.2 Å². The number of ether oxygens (including phenoxy) is 1. The molecule has 0 spiro atoms. The Balaban J connectivity index is 2.59. The SMILES string of the molecule is C/C=C/[C@H]1OC(O)C[C@@H](O)[C@@H]1C. The molecule has 70 valence electrons. The molecule has 3 heteroatoms. The lowest BCUT2D eigenvalue weighted by Gasteiger charge is -2.34. The van der Waals surface area contributed by atoms with Gasteiger partial charge >= 0.3 is 0 Å². The minimum atomic E-state index is -0.822. The van der Waals surface area contributed by atoms with E-state index in [1.54, 1.807) is 0 Å². The van der Waals surface area contributed by atoms with Crippen molar-refractivity contribution in [3.63, 3.8) is 0 Å². The highest BCUT2D eigenvalue weighted by atomic mass is 16.6. The van der Waals surface area contributed by atoms with Crippen molar-refractivity contribution in [2.75, 3.05) is 0 Å². The van der Waals surface area contributed by atoms with Crippen LogP contribution in [0, 0.1) is 5.92 Å². The number of hydrogen-bond donors (Lipinski definition) is 2. The fraction of sp³-hybridized carbons (Fsp3) is 0.778. The Morgan fingerprint density at radius 1 is 1.42 bits per heavy atom. The first-order valence-corrected chi connectivity index (χ1v) is 4.29. The van der Waals surface area contributed by atoms with Crippen molar-refractivity contribution in [3.8, 4) is 0 Å². The van der Waals surface area contributed by atoms with Crippen LogP contribution < -0.4 is 0 Å². The first-order chi connectivity index (χ1) is 5.65. The van der Waals surface area contributed by atoms with E-state index in [4.69, 9.17) is 4.74 Å². The van der Waals surface area contributed by atoms with Crippen LogP contribution in [0.1, 0.15) is 20.3 Å². The lowest BCUT2D eigenvalue weighted by Crippen LogP contribution is -2.41. The van der Waals surface area contributed by atoms with Crippen molar-refractivity contribution in [2.45, 2.75) is 38.8 Å². The Labute approximate surface area is 72.7 Å². The van der Waals surface area contributed by atoms with E-state index in [0.29, 0.717) is 6.42 Å². The van der Waals surface area contributed by atoms with Crippen LogP contribution in [0.2, 0.25) is 0 Å². The molecule has 0 aromatic heterocycles. The average molecular weight is 172 g/mol. The van der Waals surface area contributed by atoms with E-state index in [-0.39, 0.29) is 12.0 Å². The lowest BCUT2D eigenvalue weighted by atomic mass is 9.92. The standard InChI is InChI=1S/C9H16O3/c1-3-4-8-6(2)7(10)5-9(11)12-8/h3-4,6-11H,5H2,1-2H3/b4-3+/t6-,7+,8+,9?/m0/s1. The zero-order valence-corrected chi connectivity index (χ0v) is 7.47. The fourth-order valence-electron chi connectivity index (χ4n) is 1.41. The van der Waals surface area contributed by atoms with E-state index in [1.807, 2.05) is 26.0 Å². The Morgan fingerprint density at radius 2 is 2.08 bits per heavy atom. The van der Waals surface area contributed by atoms with Crippen LogP contribution in [0.3, 0.4) is 0 Å². The third-order valence-electron chi connectivity index (χ3n) is 2.26. The molecule has 1 saturated heterocycles. The van der Waals surface area contributed by atoms with Crippen LogP contribution in [0.5, 0.6) is 0 Å². The van der Waals surface area contributed by atoms with Crippen molar-refractivity contribution in [2.24, 2.45) is 5.92 Å². The molecule has 2 N–H and O–H groups in total. The Bertz CT molecular complexity index is 167. The monoisotopic (exact) mass is 172 g/mol. The molecule has 0 aliphatic carbocycles. The van der Waals surface area contributed by atoms with Gasteiger partial charge in [-0.2, -0.15) is 0 Å². The topological polar surface area (TPSA) is 49.7 Å². The van der Waals surface area contributed by atoms with Gasteiger partial charge in [0.1, 0.15) is 0 Å². The molecular weight excluding hydrogens is 156 g/mol. The summed E-state index contributed by atoms with van der Waals surface area (Å²) in [5.74, 6) is 0.0598. The first kappa shape index (κ1) is 9.71. The Kier molecular flexibility index (Phi) is 3.26. The zero-order valence-electron chi connectivity index (χ0n) is 7.47. The molecule has 0 saturated carbocycles. The van der Waals surface area contributed by atoms with Crippen molar-refractivity contribution >= 4 is 0 Å². The molecule has 0 bridgehead atoms. The van der Waals surface area contributed by atoms with Crippen molar-refractivity contribution in [1.29, 1.82) is 0 Å². The minimum Gasteiger partial charge on any atom is -0.393 e. The summed E-state index contributed by atoms with van der Waals surface area (Å²) in [5, 5.41) is 18.6. The number of rotatable bonds is 1. The van der Waals surface area contributed by atoms with E-state index >= 15 is 0 Å². The normalized spacial score (nSPS) is 43.7. The number of hydrogen-bond acceptors (Lipinski definition) is 3. The van der Waals surface area contributed by atoms with Gasteiger partial charge in [-0.25, -0.2) is 0 Å². The highest BCUT2D eigenvalue weighted by Gasteiger charge is 2.32. The van der Waals surface area contributed by atoms with Gasteiger partial charge in [0.05, 0.1) is 12.2 Å². The second-order valence-corrected chi connectivity index (χ2v) is 3.24. The maximum absolute atomic E-state index is 9.47. The number of aliphatic hydroxyl groups excluding tert-OH is 2. The van der Waals surface area contributed by atoms with Crippen LogP contribution in [0.4, 0.5) is 0 Å². The molecule has 0 amide bonds. The number of allylic oxidation sites excluding steroid dienone is 1. The Morgan fingerprint density at radius 3 is 2.67 bits per heavy atom. The lowest BCUT2D eigenvalue weighted by molar-refractivity contribution is -0.196. The van der Waals surface area contributed by atoms with Crippen LogP contribution in [-0.4, -0.2) is 28.7 Å². The second kappa shape index (κ2) is 4.03. The van der Waals surface area contributed by atoms with Crippen LogP contribution in [0.25, 0.3) is 0 Å².